The summed E-state index contributed by atoms with van der Waals surface area (Å²) in [6.45, 7) is 2.54. The van der Waals surface area contributed by atoms with Gasteiger partial charge in [0.15, 0.2) is 5.16 Å². The van der Waals surface area contributed by atoms with Crippen LogP contribution in [0.1, 0.15) is 13.3 Å². The molecule has 0 radical (unpaired) electrons. The zero-order chi connectivity index (χ0) is 19.4. The van der Waals surface area contributed by atoms with E-state index >= 15 is 0 Å². The van der Waals surface area contributed by atoms with Crippen LogP contribution in [-0.2, 0) is 11.3 Å². The highest BCUT2D eigenvalue weighted by Gasteiger charge is 2.13. The first kappa shape index (κ1) is 19.7. The fourth-order valence-electron chi connectivity index (χ4n) is 2.59. The van der Waals surface area contributed by atoms with Gasteiger partial charge in [0.05, 0.1) is 27.4 Å². The summed E-state index contributed by atoms with van der Waals surface area (Å²) >= 11 is 13.2. The molecule has 140 valence electrons. The third-order valence-electron chi connectivity index (χ3n) is 3.81. The Balaban J connectivity index is 1.80. The monoisotopic (exact) mass is 421 g/mol. The maximum atomic E-state index is 12.7. The molecule has 0 aliphatic heterocycles. The van der Waals surface area contributed by atoms with Crippen LogP contribution in [-0.4, -0.2) is 21.2 Å². The van der Waals surface area contributed by atoms with Gasteiger partial charge in [-0.05, 0) is 36.8 Å². The van der Waals surface area contributed by atoms with Crippen LogP contribution >= 0.6 is 35.0 Å². The molecule has 3 aromatic rings. The highest BCUT2D eigenvalue weighted by Crippen LogP contribution is 2.26. The van der Waals surface area contributed by atoms with Crippen molar-refractivity contribution < 1.29 is 4.79 Å². The van der Waals surface area contributed by atoms with E-state index in [9.17, 15) is 9.59 Å². The Morgan fingerprint density at radius 2 is 2.00 bits per heavy atom. The van der Waals surface area contributed by atoms with Gasteiger partial charge in [0.25, 0.3) is 5.56 Å². The topological polar surface area (TPSA) is 64.0 Å². The van der Waals surface area contributed by atoms with Gasteiger partial charge in [-0.25, -0.2) is 4.98 Å². The molecule has 27 heavy (non-hydrogen) atoms. The van der Waals surface area contributed by atoms with E-state index in [0.29, 0.717) is 38.3 Å². The fourth-order valence-corrected chi connectivity index (χ4v) is 3.87. The minimum absolute atomic E-state index is 0.0916. The van der Waals surface area contributed by atoms with Crippen molar-refractivity contribution in [3.8, 4) is 0 Å². The quantitative estimate of drug-likeness (QED) is 0.456. The Hall–Kier alpha value is -2.02. The number of fused-ring (bicyclic) bond motifs is 1. The molecule has 1 N–H and O–H groups in total. The van der Waals surface area contributed by atoms with Crippen molar-refractivity contribution in [2.24, 2.45) is 0 Å². The average Bonchev–Trinajstić information content (AvgIpc) is 2.65. The summed E-state index contributed by atoms with van der Waals surface area (Å²) < 4.78 is 1.62. The third-order valence-corrected chi connectivity index (χ3v) is 5.34. The first-order valence-electron chi connectivity index (χ1n) is 8.37. The molecule has 0 spiro atoms. The molecule has 0 bridgehead atoms. The van der Waals surface area contributed by atoms with Gasteiger partial charge >= 0.3 is 0 Å². The number of hydrogen-bond acceptors (Lipinski definition) is 4. The zero-order valence-electron chi connectivity index (χ0n) is 14.5. The average molecular weight is 422 g/mol. The number of amides is 1. The van der Waals surface area contributed by atoms with Crippen LogP contribution < -0.4 is 10.9 Å². The van der Waals surface area contributed by atoms with Crippen molar-refractivity contribution in [1.82, 2.24) is 9.55 Å². The standard InChI is InChI=1S/C19H17Cl2N3O2S/c1-2-9-24-18(26)13-5-3-4-6-15(13)23-19(24)27-11-17(25)22-16-8-7-12(20)10-14(16)21/h3-8,10H,2,9,11H2,1H3,(H,22,25). The van der Waals surface area contributed by atoms with E-state index < -0.39 is 0 Å². The summed E-state index contributed by atoms with van der Waals surface area (Å²) in [6, 6.07) is 12.1. The number of nitrogens with one attached hydrogen (secondary N) is 1. The van der Waals surface area contributed by atoms with Crippen LogP contribution in [0.4, 0.5) is 5.69 Å². The first-order valence-corrected chi connectivity index (χ1v) is 10.1. The summed E-state index contributed by atoms with van der Waals surface area (Å²) in [6.07, 6.45) is 0.792. The predicted molar refractivity (Wildman–Crippen MR) is 112 cm³/mol. The number of aromatic nitrogens is 2. The molecule has 5 nitrogen and oxygen atoms in total. The minimum Gasteiger partial charge on any atom is -0.324 e. The van der Waals surface area contributed by atoms with Gasteiger partial charge in [0.2, 0.25) is 5.91 Å². The lowest BCUT2D eigenvalue weighted by molar-refractivity contribution is -0.113. The van der Waals surface area contributed by atoms with Gasteiger partial charge in [0.1, 0.15) is 0 Å². The maximum absolute atomic E-state index is 12.7. The Kier molecular flexibility index (Phi) is 6.42. The number of thioether (sulfide) groups is 1. The number of carbonyl (C=O) groups is 1. The van der Waals surface area contributed by atoms with Gasteiger partial charge in [0, 0.05) is 11.6 Å². The largest absolute Gasteiger partial charge is 0.324 e. The molecule has 3 rings (SSSR count). The molecule has 0 saturated heterocycles. The number of rotatable bonds is 6. The number of hydrogen-bond donors (Lipinski definition) is 1. The Morgan fingerprint density at radius 3 is 2.74 bits per heavy atom. The van der Waals surface area contributed by atoms with Crippen LogP contribution in [0.3, 0.4) is 0 Å². The molecule has 0 aliphatic carbocycles. The summed E-state index contributed by atoms with van der Waals surface area (Å²) in [5, 5.41) is 4.71. The van der Waals surface area contributed by atoms with Crippen LogP contribution in [0.2, 0.25) is 10.0 Å². The molecule has 0 unspecified atom stereocenters. The Bertz CT molecular complexity index is 1050. The summed E-state index contributed by atoms with van der Waals surface area (Å²) in [5.74, 6) is -0.136. The molecule has 1 heterocycles. The van der Waals surface area contributed by atoms with E-state index in [1.807, 2.05) is 19.1 Å². The zero-order valence-corrected chi connectivity index (χ0v) is 16.9. The van der Waals surface area contributed by atoms with Crippen molar-refractivity contribution >= 4 is 57.5 Å². The molecule has 8 heteroatoms. The van der Waals surface area contributed by atoms with Gasteiger partial charge < -0.3 is 5.32 Å². The molecular formula is C19H17Cl2N3O2S. The van der Waals surface area contributed by atoms with E-state index in [2.05, 4.69) is 10.3 Å². The highest BCUT2D eigenvalue weighted by molar-refractivity contribution is 7.99. The lowest BCUT2D eigenvalue weighted by Crippen LogP contribution is -2.24. The van der Waals surface area contributed by atoms with Crippen LogP contribution in [0.15, 0.2) is 52.4 Å². The molecule has 2 aromatic carbocycles. The van der Waals surface area contributed by atoms with Crippen LogP contribution in [0.25, 0.3) is 10.9 Å². The lowest BCUT2D eigenvalue weighted by Gasteiger charge is -2.12. The Labute approximate surface area is 170 Å². The fraction of sp³-hybridized carbons (Fsp3) is 0.211. The van der Waals surface area contributed by atoms with E-state index in [-0.39, 0.29) is 17.2 Å². The summed E-state index contributed by atoms with van der Waals surface area (Å²) in [4.78, 5) is 29.6. The lowest BCUT2D eigenvalue weighted by atomic mass is 10.2. The van der Waals surface area contributed by atoms with E-state index in [1.165, 1.54) is 11.8 Å². The SMILES string of the molecule is CCCn1c(SCC(=O)Nc2ccc(Cl)cc2Cl)nc2ccccc2c1=O. The second-order valence-electron chi connectivity index (χ2n) is 5.83. The molecule has 1 aromatic heterocycles. The molecule has 0 aliphatic rings. The Morgan fingerprint density at radius 1 is 1.22 bits per heavy atom. The number of nitrogens with zero attached hydrogens (tertiary/aromatic N) is 2. The molecular weight excluding hydrogens is 405 g/mol. The van der Waals surface area contributed by atoms with Crippen molar-refractivity contribution in [1.29, 1.82) is 0 Å². The first-order chi connectivity index (χ1) is 13.0. The highest BCUT2D eigenvalue weighted by atomic mass is 35.5. The maximum Gasteiger partial charge on any atom is 0.262 e. The molecule has 0 atom stereocenters. The minimum atomic E-state index is -0.241. The normalized spacial score (nSPS) is 10.9. The number of benzene rings is 2. The predicted octanol–water partition coefficient (Wildman–Crippen LogP) is 4.84. The summed E-state index contributed by atoms with van der Waals surface area (Å²) in [7, 11) is 0. The van der Waals surface area contributed by atoms with Gasteiger partial charge in [-0.1, -0.05) is 54.0 Å². The van der Waals surface area contributed by atoms with E-state index in [0.717, 1.165) is 6.42 Å². The van der Waals surface area contributed by atoms with Gasteiger partial charge in [-0.15, -0.1) is 0 Å². The van der Waals surface area contributed by atoms with Gasteiger partial charge in [-0.2, -0.15) is 0 Å². The second kappa shape index (κ2) is 8.78. The number of carbonyl (C=O) groups excluding carboxylic acids is 1. The van der Waals surface area contributed by atoms with Crippen LogP contribution in [0, 0.1) is 0 Å². The smallest absolute Gasteiger partial charge is 0.262 e. The third kappa shape index (κ3) is 4.64. The van der Waals surface area contributed by atoms with E-state index in [1.54, 1.807) is 34.9 Å². The number of anilines is 1. The second-order valence-corrected chi connectivity index (χ2v) is 7.62. The van der Waals surface area contributed by atoms with Crippen molar-refractivity contribution in [3.63, 3.8) is 0 Å². The van der Waals surface area contributed by atoms with Crippen molar-refractivity contribution in [3.05, 3.63) is 62.9 Å². The molecule has 0 saturated carbocycles. The van der Waals surface area contributed by atoms with Crippen molar-refractivity contribution in [2.45, 2.75) is 25.0 Å². The summed E-state index contributed by atoms with van der Waals surface area (Å²) in [5.41, 5.74) is 1.02. The molecule has 1 amide bonds. The van der Waals surface area contributed by atoms with Crippen LogP contribution in [0.5, 0.6) is 0 Å². The molecule has 0 fully saturated rings. The number of para-hydroxylation sites is 1. The van der Waals surface area contributed by atoms with E-state index in [4.69, 9.17) is 23.2 Å². The van der Waals surface area contributed by atoms with Crippen molar-refractivity contribution in [2.75, 3.05) is 11.1 Å². The van der Waals surface area contributed by atoms with Gasteiger partial charge in [-0.3, -0.25) is 14.2 Å². The number of halogens is 2.